The lowest BCUT2D eigenvalue weighted by Crippen LogP contribution is -2.52. The molecule has 2 rings (SSSR count). The molecule has 0 radical (unpaired) electrons. The van der Waals surface area contributed by atoms with Gasteiger partial charge in [-0.1, -0.05) is 30.3 Å². The van der Waals surface area contributed by atoms with E-state index in [1.807, 2.05) is 44.2 Å². The first kappa shape index (κ1) is 18.5. The van der Waals surface area contributed by atoms with Gasteiger partial charge >= 0.3 is 11.8 Å². The molecule has 24 heavy (non-hydrogen) atoms. The van der Waals surface area contributed by atoms with Gasteiger partial charge in [-0.15, -0.1) is 0 Å². The third-order valence-corrected chi connectivity index (χ3v) is 4.61. The zero-order chi connectivity index (χ0) is 17.5. The summed E-state index contributed by atoms with van der Waals surface area (Å²) in [4.78, 5) is 28.9. The van der Waals surface area contributed by atoms with Gasteiger partial charge in [0.2, 0.25) is 0 Å². The predicted octanol–water partition coefficient (Wildman–Crippen LogP) is 2.19. The smallest absolute Gasteiger partial charge is 0.312 e. The van der Waals surface area contributed by atoms with E-state index in [2.05, 4.69) is 0 Å². The minimum Gasteiger partial charge on any atom is -0.396 e. The van der Waals surface area contributed by atoms with Crippen LogP contribution in [0.5, 0.6) is 0 Å². The van der Waals surface area contributed by atoms with Crippen molar-refractivity contribution in [2.24, 2.45) is 0 Å². The summed E-state index contributed by atoms with van der Waals surface area (Å²) in [5, 5.41) is 9.22. The van der Waals surface area contributed by atoms with Crippen LogP contribution in [0.25, 0.3) is 0 Å². The number of benzene rings is 1. The Balaban J connectivity index is 2.11. The van der Waals surface area contributed by atoms with Crippen molar-refractivity contribution < 1.29 is 14.7 Å². The Morgan fingerprint density at radius 1 is 1.25 bits per heavy atom. The second-order valence-electron chi connectivity index (χ2n) is 6.67. The van der Waals surface area contributed by atoms with Crippen LogP contribution in [0.15, 0.2) is 30.3 Å². The molecule has 1 unspecified atom stereocenters. The standard InChI is InChI=1S/C19H28N2O3/c1-15(2)21(14-16-8-4-3-5-9-16)19(24)18(23)20-12-7-6-10-17(20)11-13-22/h3-5,8-9,15,17,22H,6-7,10-14H2,1-2H3. The molecule has 1 saturated heterocycles. The number of carbonyl (C=O) groups excluding carboxylic acids is 2. The van der Waals surface area contributed by atoms with Crippen molar-refractivity contribution in [3.05, 3.63) is 35.9 Å². The van der Waals surface area contributed by atoms with Gasteiger partial charge in [-0.25, -0.2) is 0 Å². The molecule has 0 aliphatic carbocycles. The zero-order valence-corrected chi connectivity index (χ0v) is 14.6. The summed E-state index contributed by atoms with van der Waals surface area (Å²) in [5.41, 5.74) is 1.01. The number of amides is 2. The Kier molecular flexibility index (Phi) is 6.79. The predicted molar refractivity (Wildman–Crippen MR) is 93.2 cm³/mol. The molecule has 1 atom stereocenters. The Morgan fingerprint density at radius 3 is 2.58 bits per heavy atom. The van der Waals surface area contributed by atoms with Crippen LogP contribution in [0.1, 0.15) is 45.1 Å². The molecule has 0 saturated carbocycles. The normalized spacial score (nSPS) is 17.8. The summed E-state index contributed by atoms with van der Waals surface area (Å²) >= 11 is 0. The van der Waals surface area contributed by atoms with Gasteiger partial charge in [-0.3, -0.25) is 9.59 Å². The molecule has 5 nitrogen and oxygen atoms in total. The van der Waals surface area contributed by atoms with Crippen molar-refractivity contribution in [1.29, 1.82) is 0 Å². The number of aliphatic hydroxyl groups is 1. The average molecular weight is 332 g/mol. The summed E-state index contributed by atoms with van der Waals surface area (Å²) in [6.07, 6.45) is 3.36. The Morgan fingerprint density at radius 2 is 1.96 bits per heavy atom. The lowest BCUT2D eigenvalue weighted by atomic mass is 9.99. The molecule has 0 bridgehead atoms. The van der Waals surface area contributed by atoms with Gasteiger partial charge in [0.05, 0.1) is 0 Å². The fourth-order valence-electron chi connectivity index (χ4n) is 3.23. The van der Waals surface area contributed by atoms with Crippen molar-refractivity contribution in [2.75, 3.05) is 13.2 Å². The van der Waals surface area contributed by atoms with Gasteiger partial charge in [0, 0.05) is 31.8 Å². The number of hydrogen-bond donors (Lipinski definition) is 1. The number of aliphatic hydroxyl groups excluding tert-OH is 1. The fraction of sp³-hybridized carbons (Fsp3) is 0.579. The van der Waals surface area contributed by atoms with E-state index in [0.29, 0.717) is 19.5 Å². The van der Waals surface area contributed by atoms with Crippen LogP contribution in [-0.2, 0) is 16.1 Å². The van der Waals surface area contributed by atoms with Gasteiger partial charge in [0.15, 0.2) is 0 Å². The number of likely N-dealkylation sites (tertiary alicyclic amines) is 1. The molecular formula is C19H28N2O3. The van der Waals surface area contributed by atoms with Crippen molar-refractivity contribution in [1.82, 2.24) is 9.80 Å². The molecule has 0 spiro atoms. The van der Waals surface area contributed by atoms with Crippen LogP contribution >= 0.6 is 0 Å². The summed E-state index contributed by atoms with van der Waals surface area (Å²) < 4.78 is 0. The molecule has 1 fully saturated rings. The monoisotopic (exact) mass is 332 g/mol. The third-order valence-electron chi connectivity index (χ3n) is 4.61. The molecule has 1 aromatic rings. The van der Waals surface area contributed by atoms with E-state index in [1.54, 1.807) is 9.80 Å². The van der Waals surface area contributed by atoms with E-state index >= 15 is 0 Å². The lowest BCUT2D eigenvalue weighted by molar-refractivity contribution is -0.155. The zero-order valence-electron chi connectivity index (χ0n) is 14.6. The first-order valence-electron chi connectivity index (χ1n) is 8.81. The Labute approximate surface area is 144 Å². The minimum atomic E-state index is -0.446. The largest absolute Gasteiger partial charge is 0.396 e. The molecule has 0 aromatic heterocycles. The van der Waals surface area contributed by atoms with Crippen LogP contribution in [0.4, 0.5) is 0 Å². The van der Waals surface area contributed by atoms with Crippen LogP contribution in [-0.4, -0.2) is 52.0 Å². The van der Waals surface area contributed by atoms with E-state index in [9.17, 15) is 14.7 Å². The van der Waals surface area contributed by atoms with E-state index in [0.717, 1.165) is 24.8 Å². The Bertz CT molecular complexity index is 543. The molecule has 1 aliphatic heterocycles. The SMILES string of the molecule is CC(C)N(Cc1ccccc1)C(=O)C(=O)N1CCCCC1CCO. The van der Waals surface area contributed by atoms with Crippen molar-refractivity contribution in [2.45, 2.75) is 58.2 Å². The van der Waals surface area contributed by atoms with Crippen molar-refractivity contribution in [3.8, 4) is 0 Å². The molecule has 1 N–H and O–H groups in total. The highest BCUT2D eigenvalue weighted by Gasteiger charge is 2.33. The summed E-state index contributed by atoms with van der Waals surface area (Å²) in [5.74, 6) is -0.878. The average Bonchev–Trinajstić information content (AvgIpc) is 2.60. The maximum atomic E-state index is 12.8. The second kappa shape index (κ2) is 8.83. The molecular weight excluding hydrogens is 304 g/mol. The highest BCUT2D eigenvalue weighted by molar-refractivity contribution is 6.35. The van der Waals surface area contributed by atoms with E-state index < -0.39 is 11.8 Å². The first-order valence-corrected chi connectivity index (χ1v) is 8.81. The summed E-state index contributed by atoms with van der Waals surface area (Å²) in [7, 11) is 0. The molecule has 1 heterocycles. The topological polar surface area (TPSA) is 60.9 Å². The second-order valence-corrected chi connectivity index (χ2v) is 6.67. The summed E-state index contributed by atoms with van der Waals surface area (Å²) in [6, 6.07) is 9.65. The van der Waals surface area contributed by atoms with Gasteiger partial charge in [-0.2, -0.15) is 0 Å². The van der Waals surface area contributed by atoms with E-state index in [1.165, 1.54) is 0 Å². The van der Waals surface area contributed by atoms with Crippen molar-refractivity contribution >= 4 is 11.8 Å². The highest BCUT2D eigenvalue weighted by Crippen LogP contribution is 2.21. The highest BCUT2D eigenvalue weighted by atomic mass is 16.3. The fourth-order valence-corrected chi connectivity index (χ4v) is 3.23. The Hall–Kier alpha value is -1.88. The maximum absolute atomic E-state index is 12.8. The van der Waals surface area contributed by atoms with Crippen LogP contribution in [0.3, 0.4) is 0 Å². The van der Waals surface area contributed by atoms with Crippen LogP contribution in [0.2, 0.25) is 0 Å². The number of carbonyl (C=O) groups is 2. The van der Waals surface area contributed by atoms with Gasteiger partial charge in [-0.05, 0) is 45.1 Å². The van der Waals surface area contributed by atoms with E-state index in [4.69, 9.17) is 0 Å². The van der Waals surface area contributed by atoms with Crippen LogP contribution in [0, 0.1) is 0 Å². The molecule has 2 amide bonds. The minimum absolute atomic E-state index is 0.0223. The van der Waals surface area contributed by atoms with E-state index in [-0.39, 0.29) is 18.7 Å². The molecule has 5 heteroatoms. The van der Waals surface area contributed by atoms with Crippen molar-refractivity contribution in [3.63, 3.8) is 0 Å². The number of nitrogens with zero attached hydrogens (tertiary/aromatic N) is 2. The van der Waals surface area contributed by atoms with Crippen LogP contribution < -0.4 is 0 Å². The lowest BCUT2D eigenvalue weighted by Gasteiger charge is -2.37. The van der Waals surface area contributed by atoms with Gasteiger partial charge in [0.25, 0.3) is 0 Å². The molecule has 1 aliphatic rings. The maximum Gasteiger partial charge on any atom is 0.312 e. The summed E-state index contributed by atoms with van der Waals surface area (Å²) in [6.45, 7) is 4.93. The number of piperidine rings is 1. The molecule has 1 aromatic carbocycles. The van der Waals surface area contributed by atoms with Gasteiger partial charge < -0.3 is 14.9 Å². The number of hydrogen-bond acceptors (Lipinski definition) is 3. The number of rotatable bonds is 5. The quantitative estimate of drug-likeness (QED) is 0.841. The van der Waals surface area contributed by atoms with Gasteiger partial charge in [0.1, 0.15) is 0 Å². The first-order chi connectivity index (χ1) is 11.5. The molecule has 132 valence electrons. The third kappa shape index (κ3) is 4.57.